The molecule has 0 unspecified atom stereocenters. The van der Waals surface area contributed by atoms with Gasteiger partial charge in [0.05, 0.1) is 0 Å². The van der Waals surface area contributed by atoms with Gasteiger partial charge in [-0.1, -0.05) is 87.0 Å². The predicted molar refractivity (Wildman–Crippen MR) is 116 cm³/mol. The van der Waals surface area contributed by atoms with Crippen molar-refractivity contribution in [3.63, 3.8) is 0 Å². The second kappa shape index (κ2) is 8.30. The molecular weight excluding hydrogens is 346 g/mol. The van der Waals surface area contributed by atoms with Gasteiger partial charge < -0.3 is 10.1 Å². The minimum Gasteiger partial charge on any atom is -0.483 e. The molecule has 3 heteroatoms. The Hall–Kier alpha value is -3.07. The maximum absolute atomic E-state index is 12.6. The monoisotopic (exact) mass is 373 g/mol. The van der Waals surface area contributed by atoms with E-state index < -0.39 is 0 Å². The number of benzene rings is 3. The van der Waals surface area contributed by atoms with Gasteiger partial charge in [-0.15, -0.1) is 0 Å². The number of nitrogens with one attached hydrogen (secondary N) is 1. The van der Waals surface area contributed by atoms with E-state index in [0.717, 1.165) is 28.1 Å². The zero-order valence-corrected chi connectivity index (χ0v) is 17.0. The van der Waals surface area contributed by atoms with Crippen molar-refractivity contribution >= 4 is 11.6 Å². The van der Waals surface area contributed by atoms with E-state index in [1.54, 1.807) is 0 Å². The number of ether oxygens (including phenoxy) is 1. The van der Waals surface area contributed by atoms with Crippen LogP contribution in [0, 0.1) is 6.92 Å². The van der Waals surface area contributed by atoms with Crippen LogP contribution in [0.3, 0.4) is 0 Å². The van der Waals surface area contributed by atoms with Crippen LogP contribution < -0.4 is 10.1 Å². The van der Waals surface area contributed by atoms with E-state index in [2.05, 4.69) is 39.1 Å². The number of carbonyl (C=O) groups excluding carboxylic acids is 1. The molecule has 3 aromatic rings. The van der Waals surface area contributed by atoms with Gasteiger partial charge in [0.25, 0.3) is 5.91 Å². The Morgan fingerprint density at radius 2 is 1.61 bits per heavy atom. The van der Waals surface area contributed by atoms with E-state index in [1.165, 1.54) is 5.56 Å². The molecule has 0 saturated carbocycles. The zero-order chi connectivity index (χ0) is 20.1. The van der Waals surface area contributed by atoms with E-state index in [9.17, 15) is 4.79 Å². The van der Waals surface area contributed by atoms with Crippen molar-refractivity contribution in [1.82, 2.24) is 0 Å². The molecule has 1 amide bonds. The average Bonchev–Trinajstić information content (AvgIpc) is 2.67. The summed E-state index contributed by atoms with van der Waals surface area (Å²) in [5.74, 6) is 0.577. The normalized spacial score (nSPS) is 11.1. The highest BCUT2D eigenvalue weighted by atomic mass is 16.5. The third-order valence-corrected chi connectivity index (χ3v) is 4.59. The molecule has 3 nitrogen and oxygen atoms in total. The molecule has 0 aliphatic heterocycles. The lowest BCUT2D eigenvalue weighted by molar-refractivity contribution is -0.118. The van der Waals surface area contributed by atoms with Crippen LogP contribution in [0.2, 0.25) is 0 Å². The average molecular weight is 373 g/mol. The van der Waals surface area contributed by atoms with Gasteiger partial charge in [-0.3, -0.25) is 4.79 Å². The van der Waals surface area contributed by atoms with Crippen molar-refractivity contribution in [3.8, 4) is 16.9 Å². The lowest BCUT2D eigenvalue weighted by Gasteiger charge is -2.23. The van der Waals surface area contributed by atoms with Gasteiger partial charge >= 0.3 is 0 Å². The summed E-state index contributed by atoms with van der Waals surface area (Å²) in [4.78, 5) is 12.6. The van der Waals surface area contributed by atoms with E-state index in [4.69, 9.17) is 4.74 Å². The van der Waals surface area contributed by atoms with Gasteiger partial charge in [0.15, 0.2) is 6.61 Å². The van der Waals surface area contributed by atoms with Gasteiger partial charge in [-0.25, -0.2) is 0 Å². The number of hydrogen-bond acceptors (Lipinski definition) is 2. The molecule has 0 heterocycles. The molecular formula is C25H27NO2. The molecule has 0 aliphatic carbocycles. The SMILES string of the molecule is Cc1ccc(OCC(=O)Nc2ccccc2-c2ccccc2)c(C(C)(C)C)c1. The second-order valence-corrected chi connectivity index (χ2v) is 8.00. The van der Waals surface area contributed by atoms with Crippen LogP contribution in [0.25, 0.3) is 11.1 Å². The van der Waals surface area contributed by atoms with E-state index in [-0.39, 0.29) is 17.9 Å². The third-order valence-electron chi connectivity index (χ3n) is 4.59. The maximum atomic E-state index is 12.6. The molecule has 0 saturated heterocycles. The van der Waals surface area contributed by atoms with Crippen LogP contribution >= 0.6 is 0 Å². The van der Waals surface area contributed by atoms with Crippen LogP contribution in [0.1, 0.15) is 31.9 Å². The van der Waals surface area contributed by atoms with Gasteiger partial charge in [0.2, 0.25) is 0 Å². The van der Waals surface area contributed by atoms with Gasteiger partial charge in [0.1, 0.15) is 5.75 Å². The molecule has 3 rings (SSSR count). The molecule has 0 radical (unpaired) electrons. The van der Waals surface area contributed by atoms with E-state index >= 15 is 0 Å². The Balaban J connectivity index is 1.73. The highest BCUT2D eigenvalue weighted by Gasteiger charge is 2.20. The maximum Gasteiger partial charge on any atom is 0.262 e. The molecule has 144 valence electrons. The number of carbonyl (C=O) groups is 1. The molecule has 0 aromatic heterocycles. The summed E-state index contributed by atoms with van der Waals surface area (Å²) >= 11 is 0. The minimum atomic E-state index is -0.177. The Morgan fingerprint density at radius 3 is 2.32 bits per heavy atom. The fraction of sp³-hybridized carbons (Fsp3) is 0.240. The summed E-state index contributed by atoms with van der Waals surface area (Å²) in [6.45, 7) is 8.46. The van der Waals surface area contributed by atoms with Crippen LogP contribution in [0.5, 0.6) is 5.75 Å². The first-order valence-corrected chi connectivity index (χ1v) is 9.53. The number of hydrogen-bond donors (Lipinski definition) is 1. The standard InChI is InChI=1S/C25H27NO2/c1-18-14-15-23(21(16-18)25(2,3)4)28-17-24(27)26-22-13-9-8-12-20(22)19-10-6-5-7-11-19/h5-16H,17H2,1-4H3,(H,26,27). The fourth-order valence-electron chi connectivity index (χ4n) is 3.15. The Labute approximate surface area is 167 Å². The largest absolute Gasteiger partial charge is 0.483 e. The number of para-hydroxylation sites is 1. The zero-order valence-electron chi connectivity index (χ0n) is 17.0. The summed E-state index contributed by atoms with van der Waals surface area (Å²) in [6, 6.07) is 23.9. The predicted octanol–water partition coefficient (Wildman–Crippen LogP) is 5.98. The van der Waals surface area contributed by atoms with Crippen molar-refractivity contribution in [2.24, 2.45) is 0 Å². The molecule has 0 fully saturated rings. The summed E-state index contributed by atoms with van der Waals surface area (Å²) in [7, 11) is 0. The second-order valence-electron chi connectivity index (χ2n) is 8.00. The number of anilines is 1. The Bertz CT molecular complexity index is 956. The number of rotatable bonds is 5. The third kappa shape index (κ3) is 4.80. The fourth-order valence-corrected chi connectivity index (χ4v) is 3.15. The lowest BCUT2D eigenvalue weighted by Crippen LogP contribution is -2.22. The quantitative estimate of drug-likeness (QED) is 0.598. The van der Waals surface area contributed by atoms with Crippen LogP contribution in [-0.2, 0) is 10.2 Å². The Kier molecular flexibility index (Phi) is 5.84. The number of amides is 1. The minimum absolute atomic E-state index is 0.0325. The van der Waals surface area contributed by atoms with Crippen LogP contribution in [0.4, 0.5) is 5.69 Å². The van der Waals surface area contributed by atoms with E-state index in [1.807, 2.05) is 66.7 Å². The van der Waals surface area contributed by atoms with Gasteiger partial charge in [-0.2, -0.15) is 0 Å². The lowest BCUT2D eigenvalue weighted by atomic mass is 9.85. The first-order valence-electron chi connectivity index (χ1n) is 9.53. The highest BCUT2D eigenvalue weighted by molar-refractivity contribution is 5.96. The van der Waals surface area contributed by atoms with Gasteiger partial charge in [0, 0.05) is 11.3 Å². The molecule has 1 N–H and O–H groups in total. The van der Waals surface area contributed by atoms with Crippen LogP contribution in [-0.4, -0.2) is 12.5 Å². The topological polar surface area (TPSA) is 38.3 Å². The Morgan fingerprint density at radius 1 is 0.929 bits per heavy atom. The smallest absolute Gasteiger partial charge is 0.262 e. The van der Waals surface area contributed by atoms with Crippen molar-refractivity contribution in [3.05, 3.63) is 83.9 Å². The molecule has 0 bridgehead atoms. The van der Waals surface area contributed by atoms with Crippen molar-refractivity contribution in [2.75, 3.05) is 11.9 Å². The van der Waals surface area contributed by atoms with Crippen LogP contribution in [0.15, 0.2) is 72.8 Å². The summed E-state index contributed by atoms with van der Waals surface area (Å²) in [6.07, 6.45) is 0. The molecule has 0 atom stereocenters. The van der Waals surface area contributed by atoms with Crippen molar-refractivity contribution in [2.45, 2.75) is 33.1 Å². The first kappa shape index (κ1) is 19.7. The first-order chi connectivity index (χ1) is 13.3. The summed E-state index contributed by atoms with van der Waals surface area (Å²) < 4.78 is 5.89. The van der Waals surface area contributed by atoms with E-state index in [0.29, 0.717) is 0 Å². The van der Waals surface area contributed by atoms with Crippen molar-refractivity contribution in [1.29, 1.82) is 0 Å². The molecule has 28 heavy (non-hydrogen) atoms. The molecule has 3 aromatic carbocycles. The summed E-state index contributed by atoms with van der Waals surface area (Å²) in [5, 5.41) is 2.98. The van der Waals surface area contributed by atoms with Crippen molar-refractivity contribution < 1.29 is 9.53 Å². The molecule has 0 spiro atoms. The molecule has 0 aliphatic rings. The summed E-state index contributed by atoms with van der Waals surface area (Å²) in [5.41, 5.74) is 5.05. The number of aryl methyl sites for hydroxylation is 1. The van der Waals surface area contributed by atoms with Gasteiger partial charge in [-0.05, 0) is 35.6 Å². The highest BCUT2D eigenvalue weighted by Crippen LogP contribution is 2.32.